The van der Waals surface area contributed by atoms with Crippen LogP contribution in [-0.4, -0.2) is 19.1 Å². The maximum absolute atomic E-state index is 11.8. The summed E-state index contributed by atoms with van der Waals surface area (Å²) >= 11 is 5.68. The fourth-order valence-electron chi connectivity index (χ4n) is 1.10. The molecule has 0 aromatic heterocycles. The van der Waals surface area contributed by atoms with Crippen LogP contribution in [-0.2, 0) is 14.1 Å². The summed E-state index contributed by atoms with van der Waals surface area (Å²) in [4.78, 5) is 11.1. The van der Waals surface area contributed by atoms with Crippen LogP contribution in [0, 0.1) is 0 Å². The van der Waals surface area contributed by atoms with Crippen molar-refractivity contribution in [3.63, 3.8) is 0 Å². The molecule has 2 unspecified atom stereocenters. The molecular formula is C10H13ClNO4P. The normalized spacial score (nSPS) is 15.7. The molecule has 1 aromatic carbocycles. The van der Waals surface area contributed by atoms with Crippen molar-refractivity contribution < 1.29 is 18.6 Å². The lowest BCUT2D eigenvalue weighted by atomic mass is 10.3. The third-order valence-electron chi connectivity index (χ3n) is 1.87. The minimum Gasteiger partial charge on any atom is -0.468 e. The van der Waals surface area contributed by atoms with E-state index >= 15 is 0 Å². The van der Waals surface area contributed by atoms with Gasteiger partial charge in [-0.1, -0.05) is 18.2 Å². The van der Waals surface area contributed by atoms with Crippen LogP contribution in [0.4, 0.5) is 0 Å². The van der Waals surface area contributed by atoms with Gasteiger partial charge in [-0.15, -0.1) is 0 Å². The quantitative estimate of drug-likeness (QED) is 0.662. The van der Waals surface area contributed by atoms with Gasteiger partial charge in [0, 0.05) is 11.2 Å². The standard InChI is InChI=1S/C10H13ClNO4P/c1-8(10(13)15-2)12-17(11,14)16-9-6-4-3-5-7-9/h3-8H,1-2H3,(H,12,14). The van der Waals surface area contributed by atoms with Crippen LogP contribution in [0.3, 0.4) is 0 Å². The molecule has 7 heteroatoms. The molecule has 0 aliphatic carbocycles. The highest BCUT2D eigenvalue weighted by Crippen LogP contribution is 2.48. The number of methoxy groups -OCH3 is 1. The van der Waals surface area contributed by atoms with E-state index < -0.39 is 18.9 Å². The summed E-state index contributed by atoms with van der Waals surface area (Å²) < 4.78 is 21.4. The van der Waals surface area contributed by atoms with Crippen LogP contribution in [0.5, 0.6) is 5.75 Å². The maximum atomic E-state index is 11.8. The number of rotatable bonds is 5. The first-order chi connectivity index (χ1) is 7.94. The molecule has 2 atom stereocenters. The Morgan fingerprint density at radius 1 is 1.41 bits per heavy atom. The van der Waals surface area contributed by atoms with Gasteiger partial charge in [-0.2, -0.15) is 0 Å². The number of carbonyl (C=O) groups excluding carboxylic acids is 1. The minimum absolute atomic E-state index is 0.357. The number of esters is 1. The van der Waals surface area contributed by atoms with E-state index in [-0.39, 0.29) is 0 Å². The molecule has 1 N–H and O–H groups in total. The number of para-hydroxylation sites is 1. The number of hydrogen-bond donors (Lipinski definition) is 1. The molecule has 0 spiro atoms. The minimum atomic E-state index is -3.62. The van der Waals surface area contributed by atoms with E-state index in [1.165, 1.54) is 14.0 Å². The van der Waals surface area contributed by atoms with Gasteiger partial charge in [0.1, 0.15) is 11.8 Å². The Kier molecular flexibility index (Phi) is 5.00. The highest BCUT2D eigenvalue weighted by molar-refractivity contribution is 7.84. The summed E-state index contributed by atoms with van der Waals surface area (Å²) in [7, 11) is 1.23. The molecule has 0 bridgehead atoms. The van der Waals surface area contributed by atoms with Gasteiger partial charge in [0.05, 0.1) is 7.11 Å². The molecule has 0 aliphatic heterocycles. The Morgan fingerprint density at radius 3 is 2.53 bits per heavy atom. The highest BCUT2D eigenvalue weighted by atomic mass is 35.7. The second-order valence-corrected chi connectivity index (χ2v) is 5.99. The zero-order valence-corrected chi connectivity index (χ0v) is 11.1. The second-order valence-electron chi connectivity index (χ2n) is 3.26. The van der Waals surface area contributed by atoms with Crippen LogP contribution >= 0.6 is 18.1 Å². The Morgan fingerprint density at radius 2 is 2.00 bits per heavy atom. The van der Waals surface area contributed by atoms with Gasteiger partial charge in [-0.25, -0.2) is 9.65 Å². The van der Waals surface area contributed by atoms with Crippen LogP contribution < -0.4 is 9.61 Å². The van der Waals surface area contributed by atoms with Crippen molar-refractivity contribution in [2.45, 2.75) is 13.0 Å². The molecule has 5 nitrogen and oxygen atoms in total. The van der Waals surface area contributed by atoms with Gasteiger partial charge < -0.3 is 9.26 Å². The first kappa shape index (κ1) is 14.0. The molecule has 1 aromatic rings. The summed E-state index contributed by atoms with van der Waals surface area (Å²) in [6.07, 6.45) is 0. The second kappa shape index (κ2) is 6.05. The molecule has 1 rings (SSSR count). The van der Waals surface area contributed by atoms with E-state index in [0.717, 1.165) is 0 Å². The van der Waals surface area contributed by atoms with Crippen LogP contribution in [0.2, 0.25) is 0 Å². The highest BCUT2D eigenvalue weighted by Gasteiger charge is 2.27. The third-order valence-corrected chi connectivity index (χ3v) is 3.51. The number of halogens is 1. The molecule has 94 valence electrons. The van der Waals surface area contributed by atoms with Crippen molar-refractivity contribution in [2.24, 2.45) is 0 Å². The molecule has 0 aliphatic rings. The maximum Gasteiger partial charge on any atom is 0.409 e. The number of carbonyl (C=O) groups is 1. The van der Waals surface area contributed by atoms with Crippen molar-refractivity contribution in [1.29, 1.82) is 0 Å². The van der Waals surface area contributed by atoms with Crippen LogP contribution in [0.15, 0.2) is 30.3 Å². The predicted molar refractivity (Wildman–Crippen MR) is 65.1 cm³/mol. The number of benzene rings is 1. The lowest BCUT2D eigenvalue weighted by Gasteiger charge is -2.17. The summed E-state index contributed by atoms with van der Waals surface area (Å²) in [5, 5.41) is 2.38. The summed E-state index contributed by atoms with van der Waals surface area (Å²) in [6, 6.07) is 7.63. The van der Waals surface area contributed by atoms with Gasteiger partial charge >= 0.3 is 12.8 Å². The van der Waals surface area contributed by atoms with E-state index in [1.54, 1.807) is 30.3 Å². The molecule has 0 heterocycles. The first-order valence-corrected chi connectivity index (χ1v) is 7.37. The van der Waals surface area contributed by atoms with Crippen molar-refractivity contribution >= 4 is 24.1 Å². The molecule has 0 fully saturated rings. The van der Waals surface area contributed by atoms with E-state index in [1.807, 2.05) is 0 Å². The fraction of sp³-hybridized carbons (Fsp3) is 0.300. The SMILES string of the molecule is COC(=O)C(C)NP(=O)(Cl)Oc1ccccc1. The van der Waals surface area contributed by atoms with Crippen molar-refractivity contribution in [3.05, 3.63) is 30.3 Å². The largest absolute Gasteiger partial charge is 0.468 e. The Labute approximate surface area is 104 Å². The van der Waals surface area contributed by atoms with Crippen molar-refractivity contribution in [1.82, 2.24) is 5.09 Å². The Balaban J connectivity index is 2.63. The number of ether oxygens (including phenoxy) is 1. The van der Waals surface area contributed by atoms with E-state index in [2.05, 4.69) is 9.82 Å². The first-order valence-electron chi connectivity index (χ1n) is 4.84. The van der Waals surface area contributed by atoms with E-state index in [9.17, 15) is 9.36 Å². The van der Waals surface area contributed by atoms with Gasteiger partial charge in [-0.3, -0.25) is 4.79 Å². The van der Waals surface area contributed by atoms with Crippen molar-refractivity contribution in [3.8, 4) is 5.75 Å². The summed E-state index contributed by atoms with van der Waals surface area (Å²) in [5.41, 5.74) is 0. The van der Waals surface area contributed by atoms with E-state index in [0.29, 0.717) is 5.75 Å². The molecule has 0 radical (unpaired) electrons. The average molecular weight is 278 g/mol. The average Bonchev–Trinajstić information content (AvgIpc) is 2.27. The van der Waals surface area contributed by atoms with Crippen LogP contribution in [0.1, 0.15) is 6.92 Å². The fourth-order valence-corrected chi connectivity index (χ4v) is 2.80. The third kappa shape index (κ3) is 4.77. The smallest absolute Gasteiger partial charge is 0.409 e. The summed E-state index contributed by atoms with van der Waals surface area (Å²) in [6.45, 7) is -2.13. The zero-order valence-electron chi connectivity index (χ0n) is 9.42. The lowest BCUT2D eigenvalue weighted by molar-refractivity contribution is -0.142. The van der Waals surface area contributed by atoms with Gasteiger partial charge in [0.15, 0.2) is 0 Å². The topological polar surface area (TPSA) is 64.6 Å². The molecule has 0 amide bonds. The van der Waals surface area contributed by atoms with Crippen LogP contribution in [0.25, 0.3) is 0 Å². The van der Waals surface area contributed by atoms with Gasteiger partial charge in [0.2, 0.25) is 0 Å². The molecule has 17 heavy (non-hydrogen) atoms. The van der Waals surface area contributed by atoms with Gasteiger partial charge in [0.25, 0.3) is 0 Å². The van der Waals surface area contributed by atoms with Gasteiger partial charge in [-0.05, 0) is 19.1 Å². The van der Waals surface area contributed by atoms with Crippen molar-refractivity contribution in [2.75, 3.05) is 7.11 Å². The molecule has 0 saturated heterocycles. The number of nitrogens with one attached hydrogen (secondary N) is 1. The lowest BCUT2D eigenvalue weighted by Crippen LogP contribution is -2.32. The number of hydrogen-bond acceptors (Lipinski definition) is 4. The molecule has 0 saturated carbocycles. The monoisotopic (exact) mass is 277 g/mol. The van der Waals surface area contributed by atoms with E-state index in [4.69, 9.17) is 15.8 Å². The zero-order chi connectivity index (χ0) is 12.9. The Bertz CT molecular complexity index is 426. The molecular weight excluding hydrogens is 265 g/mol. The summed E-state index contributed by atoms with van der Waals surface area (Å²) in [5.74, 6) is -0.210. The predicted octanol–water partition coefficient (Wildman–Crippen LogP) is 2.56. The Hall–Kier alpha value is -1.03.